The van der Waals surface area contributed by atoms with Crippen molar-refractivity contribution in [1.29, 1.82) is 0 Å². The van der Waals surface area contributed by atoms with Gasteiger partial charge in [-0.15, -0.1) is 0 Å². The fourth-order valence-corrected chi connectivity index (χ4v) is 1.96. The molecule has 0 aliphatic carbocycles. The minimum absolute atomic E-state index is 0.403. The van der Waals surface area contributed by atoms with Crippen LogP contribution < -0.4 is 16.4 Å². The molecule has 1 aromatic carbocycles. The predicted molar refractivity (Wildman–Crippen MR) is 65.0 cm³/mol. The van der Waals surface area contributed by atoms with Gasteiger partial charge in [0.05, 0.1) is 17.5 Å². The third-order valence-corrected chi connectivity index (χ3v) is 2.78. The van der Waals surface area contributed by atoms with Gasteiger partial charge >= 0.3 is 0 Å². The highest BCUT2D eigenvalue weighted by Gasteiger charge is 2.17. The van der Waals surface area contributed by atoms with Crippen LogP contribution in [0.4, 0.5) is 11.4 Å². The molecular weight excluding hydrogens is 186 g/mol. The molecule has 1 heterocycles. The number of hydrogen-bond acceptors (Lipinski definition) is 3. The minimum atomic E-state index is 0.403. The van der Waals surface area contributed by atoms with Crippen molar-refractivity contribution in [3.05, 3.63) is 24.3 Å². The van der Waals surface area contributed by atoms with Crippen LogP contribution in [0.1, 0.15) is 25.7 Å². The second kappa shape index (κ2) is 5.03. The van der Waals surface area contributed by atoms with E-state index in [2.05, 4.69) is 34.9 Å². The van der Waals surface area contributed by atoms with Crippen molar-refractivity contribution in [1.82, 2.24) is 0 Å². The van der Waals surface area contributed by atoms with Gasteiger partial charge < -0.3 is 16.4 Å². The first-order chi connectivity index (χ1) is 7.40. The van der Waals surface area contributed by atoms with Crippen LogP contribution in [0.2, 0.25) is 0 Å². The molecule has 82 valence electrons. The Bertz CT molecular complexity index is 286. The number of benzene rings is 1. The Morgan fingerprint density at radius 3 is 2.27 bits per heavy atom. The first-order valence-electron chi connectivity index (χ1n) is 5.72. The second-order valence-electron chi connectivity index (χ2n) is 4.02. The average molecular weight is 205 g/mol. The minimum Gasteiger partial charge on any atom is -0.364 e. The summed E-state index contributed by atoms with van der Waals surface area (Å²) in [6, 6.07) is 8.35. The van der Waals surface area contributed by atoms with Gasteiger partial charge in [0.25, 0.3) is 0 Å². The summed E-state index contributed by atoms with van der Waals surface area (Å²) in [4.78, 5) is 0. The van der Waals surface area contributed by atoms with E-state index in [9.17, 15) is 0 Å². The molecule has 0 bridgehead atoms. The highest BCUT2D eigenvalue weighted by Crippen LogP contribution is 2.29. The zero-order valence-corrected chi connectivity index (χ0v) is 9.00. The van der Waals surface area contributed by atoms with E-state index in [0.29, 0.717) is 6.17 Å². The monoisotopic (exact) mass is 205 g/mol. The molecule has 1 aromatic rings. The molecule has 0 amide bonds. The van der Waals surface area contributed by atoms with Crippen LogP contribution in [-0.4, -0.2) is 12.7 Å². The zero-order chi connectivity index (χ0) is 10.5. The Balaban J connectivity index is 1.76. The molecular formula is C12H19N3. The summed E-state index contributed by atoms with van der Waals surface area (Å²) in [6.45, 7) is 0.811. The number of unbranched alkanes of at least 4 members (excludes halogenated alkanes) is 2. The number of nitrogens with two attached hydrogens (primary N) is 1. The number of anilines is 2. The summed E-state index contributed by atoms with van der Waals surface area (Å²) in [5.41, 5.74) is 7.91. The molecule has 0 radical (unpaired) electrons. The van der Waals surface area contributed by atoms with Crippen LogP contribution in [0, 0.1) is 0 Å². The van der Waals surface area contributed by atoms with Gasteiger partial charge in [-0.2, -0.15) is 0 Å². The smallest absolute Gasteiger partial charge is 0.0964 e. The van der Waals surface area contributed by atoms with Crippen LogP contribution in [0.5, 0.6) is 0 Å². The van der Waals surface area contributed by atoms with Gasteiger partial charge in [-0.25, -0.2) is 0 Å². The Hall–Kier alpha value is -1.22. The third kappa shape index (κ3) is 2.63. The van der Waals surface area contributed by atoms with Crippen molar-refractivity contribution >= 4 is 11.4 Å². The topological polar surface area (TPSA) is 50.1 Å². The number of para-hydroxylation sites is 2. The molecule has 0 spiro atoms. The summed E-state index contributed by atoms with van der Waals surface area (Å²) in [7, 11) is 0. The zero-order valence-electron chi connectivity index (χ0n) is 9.00. The molecule has 3 heteroatoms. The lowest BCUT2D eigenvalue weighted by Gasteiger charge is -2.11. The largest absolute Gasteiger partial charge is 0.364 e. The maximum atomic E-state index is 5.46. The van der Waals surface area contributed by atoms with Crippen LogP contribution in [0.15, 0.2) is 24.3 Å². The molecule has 4 N–H and O–H groups in total. The average Bonchev–Trinajstić information content (AvgIpc) is 2.67. The summed E-state index contributed by atoms with van der Waals surface area (Å²) < 4.78 is 0. The highest BCUT2D eigenvalue weighted by molar-refractivity contribution is 5.73. The molecule has 2 rings (SSSR count). The molecule has 0 saturated heterocycles. The molecule has 0 fully saturated rings. The summed E-state index contributed by atoms with van der Waals surface area (Å²) in [5, 5.41) is 6.94. The van der Waals surface area contributed by atoms with Crippen molar-refractivity contribution in [2.75, 3.05) is 17.2 Å². The number of hydrogen-bond donors (Lipinski definition) is 3. The van der Waals surface area contributed by atoms with Crippen LogP contribution >= 0.6 is 0 Å². The Morgan fingerprint density at radius 2 is 1.67 bits per heavy atom. The maximum Gasteiger partial charge on any atom is 0.0964 e. The molecule has 0 atom stereocenters. The van der Waals surface area contributed by atoms with E-state index < -0.39 is 0 Å². The van der Waals surface area contributed by atoms with Crippen molar-refractivity contribution in [2.24, 2.45) is 5.73 Å². The standard InChI is InChI=1S/C12H19N3/c13-9-5-1-2-8-12-14-10-6-3-4-7-11(10)15-12/h3-4,6-7,12,14-15H,1-2,5,8-9,13H2. The molecule has 3 nitrogen and oxygen atoms in total. The van der Waals surface area contributed by atoms with E-state index in [4.69, 9.17) is 5.73 Å². The molecule has 0 saturated carbocycles. The molecule has 1 aliphatic rings. The van der Waals surface area contributed by atoms with E-state index >= 15 is 0 Å². The van der Waals surface area contributed by atoms with Gasteiger partial charge in [0.1, 0.15) is 0 Å². The van der Waals surface area contributed by atoms with Gasteiger partial charge in [-0.1, -0.05) is 18.6 Å². The Labute approximate surface area is 91.1 Å². The quantitative estimate of drug-likeness (QED) is 0.647. The third-order valence-electron chi connectivity index (χ3n) is 2.78. The van der Waals surface area contributed by atoms with Crippen molar-refractivity contribution < 1.29 is 0 Å². The van der Waals surface area contributed by atoms with Crippen LogP contribution in [0.3, 0.4) is 0 Å². The summed E-state index contributed by atoms with van der Waals surface area (Å²) in [6.07, 6.45) is 5.16. The predicted octanol–water partition coefficient (Wildman–Crippen LogP) is 2.37. The van der Waals surface area contributed by atoms with E-state index in [1.165, 1.54) is 24.2 Å². The number of rotatable bonds is 5. The molecule has 0 unspecified atom stereocenters. The molecule has 1 aliphatic heterocycles. The van der Waals surface area contributed by atoms with Crippen molar-refractivity contribution in [3.63, 3.8) is 0 Å². The normalized spacial score (nSPS) is 14.5. The molecule has 15 heavy (non-hydrogen) atoms. The van der Waals surface area contributed by atoms with Gasteiger partial charge in [0, 0.05) is 0 Å². The first kappa shape index (κ1) is 10.3. The summed E-state index contributed by atoms with van der Waals surface area (Å²) in [5.74, 6) is 0. The van der Waals surface area contributed by atoms with Crippen molar-refractivity contribution in [3.8, 4) is 0 Å². The first-order valence-corrected chi connectivity index (χ1v) is 5.72. The van der Waals surface area contributed by atoms with E-state index in [1.54, 1.807) is 0 Å². The van der Waals surface area contributed by atoms with Gasteiger partial charge in [0.2, 0.25) is 0 Å². The van der Waals surface area contributed by atoms with Gasteiger partial charge in [-0.05, 0) is 37.9 Å². The SMILES string of the molecule is NCCCCCC1Nc2ccccc2N1. The Morgan fingerprint density at radius 1 is 1.00 bits per heavy atom. The molecule has 0 aromatic heterocycles. The van der Waals surface area contributed by atoms with E-state index in [1.807, 2.05) is 0 Å². The van der Waals surface area contributed by atoms with Crippen LogP contribution in [-0.2, 0) is 0 Å². The van der Waals surface area contributed by atoms with Gasteiger partial charge in [-0.3, -0.25) is 0 Å². The lowest BCUT2D eigenvalue weighted by Crippen LogP contribution is -2.21. The fraction of sp³-hybridized carbons (Fsp3) is 0.500. The van der Waals surface area contributed by atoms with Crippen LogP contribution in [0.25, 0.3) is 0 Å². The fourth-order valence-electron chi connectivity index (χ4n) is 1.96. The second-order valence-corrected chi connectivity index (χ2v) is 4.02. The number of nitrogens with one attached hydrogen (secondary N) is 2. The van der Waals surface area contributed by atoms with E-state index in [-0.39, 0.29) is 0 Å². The van der Waals surface area contributed by atoms with Crippen molar-refractivity contribution in [2.45, 2.75) is 31.8 Å². The maximum absolute atomic E-state index is 5.46. The van der Waals surface area contributed by atoms with E-state index in [0.717, 1.165) is 19.4 Å². The lowest BCUT2D eigenvalue weighted by molar-refractivity contribution is 0.616. The lowest BCUT2D eigenvalue weighted by atomic mass is 10.1. The van der Waals surface area contributed by atoms with Gasteiger partial charge in [0.15, 0.2) is 0 Å². The summed E-state index contributed by atoms with van der Waals surface area (Å²) >= 11 is 0. The Kier molecular flexibility index (Phi) is 3.45. The highest BCUT2D eigenvalue weighted by atomic mass is 15.2. The number of fused-ring (bicyclic) bond motifs is 1.